The molecule has 98 valence electrons. The first-order valence-corrected chi connectivity index (χ1v) is 8.24. The van der Waals surface area contributed by atoms with Crippen molar-refractivity contribution >= 4 is 38.6 Å². The Balaban J connectivity index is 0.000000280. The molecule has 8 heteroatoms. The lowest BCUT2D eigenvalue weighted by Gasteiger charge is -2.17. The fraction of sp³-hybridized carbons (Fsp3) is 0.100. The Labute approximate surface area is 123 Å². The molecule has 1 heterocycles. The third kappa shape index (κ3) is 6.72. The second kappa shape index (κ2) is 6.88. The van der Waals surface area contributed by atoms with Crippen LogP contribution in [-0.4, -0.2) is 0 Å². The van der Waals surface area contributed by atoms with Gasteiger partial charge in [0, 0.05) is 17.0 Å². The topological polar surface area (TPSA) is 92.2 Å². The third-order valence-corrected chi connectivity index (χ3v) is 4.48. The van der Waals surface area contributed by atoms with Gasteiger partial charge in [-0.15, -0.1) is 10.2 Å². The first kappa shape index (κ1) is 15.9. The molecule has 1 aromatic carbocycles. The quantitative estimate of drug-likeness (QED) is 0.663. The van der Waals surface area contributed by atoms with Crippen molar-refractivity contribution < 1.29 is 28.9 Å². The van der Waals surface area contributed by atoms with Crippen LogP contribution < -0.4 is 18.6 Å². The van der Waals surface area contributed by atoms with E-state index in [2.05, 4.69) is 52.5 Å². The molecule has 2 rings (SSSR count). The highest BCUT2D eigenvalue weighted by atomic mass is 79.9. The maximum atomic E-state index is 8.49. The third-order valence-electron chi connectivity index (χ3n) is 1.71. The SMILES string of the molecule is Cc1sc(-c2ccc(Br)cc2)c[s+]1.[O-][Cl+3]([O-])([O-])[O-]. The zero-order valence-corrected chi connectivity index (χ0v) is 13.1. The predicted octanol–water partition coefficient (Wildman–Crippen LogP) is 0.0726. The van der Waals surface area contributed by atoms with Gasteiger partial charge in [-0.25, -0.2) is 18.6 Å². The predicted molar refractivity (Wildman–Crippen MR) is 64.5 cm³/mol. The largest absolute Gasteiger partial charge is 0.251 e. The van der Waals surface area contributed by atoms with Gasteiger partial charge in [-0.1, -0.05) is 28.1 Å². The summed E-state index contributed by atoms with van der Waals surface area (Å²) in [5.74, 6) is 0. The van der Waals surface area contributed by atoms with E-state index in [1.807, 2.05) is 22.7 Å². The fourth-order valence-electron chi connectivity index (χ4n) is 1.08. The number of aryl methyl sites for hydroxylation is 1. The molecule has 0 unspecified atom stereocenters. The van der Waals surface area contributed by atoms with Gasteiger partial charge in [-0.3, -0.25) is 0 Å². The summed E-state index contributed by atoms with van der Waals surface area (Å²) in [6.07, 6.45) is 0. The molecule has 0 fully saturated rings. The molecule has 0 saturated carbocycles. The molecule has 0 aliphatic heterocycles. The highest BCUT2D eigenvalue weighted by Gasteiger charge is 2.10. The van der Waals surface area contributed by atoms with Crippen LogP contribution in [0.1, 0.15) is 4.19 Å². The molecule has 4 nitrogen and oxygen atoms in total. The summed E-state index contributed by atoms with van der Waals surface area (Å²) >= 11 is 7.09. The Morgan fingerprint density at radius 1 is 1.11 bits per heavy atom. The Kier molecular flexibility index (Phi) is 6.09. The van der Waals surface area contributed by atoms with Crippen LogP contribution >= 0.6 is 38.6 Å². The van der Waals surface area contributed by atoms with Gasteiger partial charge in [-0.2, -0.15) is 0 Å². The van der Waals surface area contributed by atoms with Gasteiger partial charge in [0.15, 0.2) is 4.88 Å². The van der Waals surface area contributed by atoms with Gasteiger partial charge in [0.2, 0.25) is 0 Å². The van der Waals surface area contributed by atoms with Crippen LogP contribution in [0, 0.1) is 17.2 Å². The maximum absolute atomic E-state index is 8.49. The summed E-state index contributed by atoms with van der Waals surface area (Å²) in [5, 5.41) is 2.21. The molecule has 18 heavy (non-hydrogen) atoms. The van der Waals surface area contributed by atoms with Crippen molar-refractivity contribution in [3.63, 3.8) is 0 Å². The van der Waals surface area contributed by atoms with Crippen LogP contribution in [0.3, 0.4) is 0 Å². The fourth-order valence-corrected chi connectivity index (χ4v) is 3.26. The van der Waals surface area contributed by atoms with Crippen LogP contribution in [0.25, 0.3) is 10.4 Å². The van der Waals surface area contributed by atoms with Crippen molar-refractivity contribution in [2.45, 2.75) is 6.92 Å². The van der Waals surface area contributed by atoms with E-state index in [1.54, 1.807) is 0 Å². The molecular weight excluding hydrogens is 364 g/mol. The van der Waals surface area contributed by atoms with Gasteiger partial charge >= 0.3 is 0 Å². The van der Waals surface area contributed by atoms with E-state index in [9.17, 15) is 0 Å². The average molecular weight is 372 g/mol. The minimum Gasteiger partial charge on any atom is -0.222 e. The second-order valence-electron chi connectivity index (χ2n) is 3.08. The lowest BCUT2D eigenvalue weighted by atomic mass is 10.2. The molecule has 1 aromatic heterocycles. The Bertz CT molecular complexity index is 489. The van der Waals surface area contributed by atoms with E-state index in [4.69, 9.17) is 18.6 Å². The first-order valence-electron chi connectivity index (χ1n) is 4.51. The number of rotatable bonds is 1. The summed E-state index contributed by atoms with van der Waals surface area (Å²) in [5.41, 5.74) is 1.30. The van der Waals surface area contributed by atoms with E-state index < -0.39 is 10.2 Å². The number of hydrogen-bond acceptors (Lipinski definition) is 5. The molecule has 0 amide bonds. The van der Waals surface area contributed by atoms with Crippen molar-refractivity contribution in [3.05, 3.63) is 38.3 Å². The van der Waals surface area contributed by atoms with Gasteiger partial charge in [-0.05, 0) is 12.1 Å². The Morgan fingerprint density at radius 3 is 2.00 bits per heavy atom. The summed E-state index contributed by atoms with van der Waals surface area (Å²) in [6.45, 7) is 2.15. The van der Waals surface area contributed by atoms with Crippen molar-refractivity contribution in [2.24, 2.45) is 0 Å². The molecular formula is C10H8BrClO4S2. The average Bonchev–Trinajstić information content (AvgIpc) is 2.63. The van der Waals surface area contributed by atoms with E-state index in [0.717, 1.165) is 4.47 Å². The molecule has 0 N–H and O–H groups in total. The van der Waals surface area contributed by atoms with Gasteiger partial charge < -0.3 is 0 Å². The van der Waals surface area contributed by atoms with E-state index >= 15 is 0 Å². The molecule has 0 bridgehead atoms. The summed E-state index contributed by atoms with van der Waals surface area (Å²) in [4.78, 5) is 1.36. The lowest BCUT2D eigenvalue weighted by Crippen LogP contribution is -2.68. The number of benzene rings is 1. The van der Waals surface area contributed by atoms with Crippen LogP contribution in [-0.2, 0) is 0 Å². The monoisotopic (exact) mass is 370 g/mol. The highest BCUT2D eigenvalue weighted by Crippen LogP contribution is 2.31. The van der Waals surface area contributed by atoms with E-state index in [0.29, 0.717) is 0 Å². The van der Waals surface area contributed by atoms with Gasteiger partial charge in [0.05, 0.1) is 22.7 Å². The Morgan fingerprint density at radius 2 is 1.61 bits per heavy atom. The molecule has 2 aromatic rings. The molecule has 0 radical (unpaired) electrons. The van der Waals surface area contributed by atoms with Crippen molar-refractivity contribution in [2.75, 3.05) is 0 Å². The summed E-state index contributed by atoms with van der Waals surface area (Å²) in [7, 11) is -4.94. The smallest absolute Gasteiger partial charge is 0.222 e. The van der Waals surface area contributed by atoms with Crippen molar-refractivity contribution in [1.29, 1.82) is 0 Å². The maximum Gasteiger partial charge on any atom is 0.251 e. The zero-order chi connectivity index (χ0) is 13.8. The first-order chi connectivity index (χ1) is 8.25. The molecule has 0 aliphatic carbocycles. The minimum absolute atomic E-state index is 1.13. The molecule has 0 spiro atoms. The number of hydrogen-bond donors (Lipinski definition) is 0. The van der Waals surface area contributed by atoms with Gasteiger partial charge in [0.25, 0.3) is 4.19 Å². The lowest BCUT2D eigenvalue weighted by molar-refractivity contribution is -2.00. The molecule has 0 saturated heterocycles. The second-order valence-corrected chi connectivity index (χ2v) is 7.35. The van der Waals surface area contributed by atoms with Crippen LogP contribution in [0.2, 0.25) is 0 Å². The van der Waals surface area contributed by atoms with Crippen LogP contribution in [0.4, 0.5) is 0 Å². The van der Waals surface area contributed by atoms with Crippen molar-refractivity contribution in [3.8, 4) is 10.4 Å². The van der Waals surface area contributed by atoms with E-state index in [1.165, 1.54) is 14.6 Å². The normalized spacial score (nSPS) is 10.8. The zero-order valence-electron chi connectivity index (χ0n) is 9.09. The molecule has 0 aliphatic rings. The highest BCUT2D eigenvalue weighted by molar-refractivity contribution is 9.10. The van der Waals surface area contributed by atoms with Crippen LogP contribution in [0.5, 0.6) is 0 Å². The minimum atomic E-state index is -4.94. The summed E-state index contributed by atoms with van der Waals surface area (Å²) < 4.78 is 36.5. The van der Waals surface area contributed by atoms with E-state index in [-0.39, 0.29) is 0 Å². The standard InChI is InChI=1S/C10H8BrS2.ClHO4/c1-7-12-6-10(13-7)8-2-4-9(11)5-3-8;2-1(3,4)5/h2-6H,1H3;(H,2,3,4,5)/q+1;/p-1. The van der Waals surface area contributed by atoms with Crippen LogP contribution in [0.15, 0.2) is 34.1 Å². The van der Waals surface area contributed by atoms with Crippen molar-refractivity contribution in [1.82, 2.24) is 0 Å². The number of halogens is 2. The summed E-state index contributed by atoms with van der Waals surface area (Å²) in [6, 6.07) is 8.44. The molecule has 0 atom stereocenters. The van der Waals surface area contributed by atoms with Gasteiger partial charge in [0.1, 0.15) is 5.38 Å². The Hall–Kier alpha value is -0.120.